The summed E-state index contributed by atoms with van der Waals surface area (Å²) in [5, 5.41) is 16.3. The van der Waals surface area contributed by atoms with Gasteiger partial charge in [0.15, 0.2) is 0 Å². The van der Waals surface area contributed by atoms with Gasteiger partial charge in [0, 0.05) is 12.6 Å². The van der Waals surface area contributed by atoms with Crippen LogP contribution in [0, 0.1) is 11.8 Å². The summed E-state index contributed by atoms with van der Waals surface area (Å²) < 4.78 is 5.40. The molecule has 5 heteroatoms. The first kappa shape index (κ1) is 17.4. The third-order valence-electron chi connectivity index (χ3n) is 4.15. The molecule has 1 saturated heterocycles. The highest BCUT2D eigenvalue weighted by atomic mass is 16.5. The van der Waals surface area contributed by atoms with Gasteiger partial charge in [-0.3, -0.25) is 4.79 Å². The number of ether oxygens (including phenoxy) is 1. The predicted molar refractivity (Wildman–Crippen MR) is 79.5 cm³/mol. The Kier molecular flexibility index (Phi) is 8.11. The number of carbonyl (C=O) groups is 1. The van der Waals surface area contributed by atoms with Crippen LogP contribution < -0.4 is 10.6 Å². The van der Waals surface area contributed by atoms with Crippen LogP contribution in [0.1, 0.15) is 40.0 Å². The Morgan fingerprint density at radius 3 is 2.60 bits per heavy atom. The third-order valence-corrected chi connectivity index (χ3v) is 4.15. The first-order valence-electron chi connectivity index (χ1n) is 7.90. The van der Waals surface area contributed by atoms with Gasteiger partial charge in [-0.2, -0.15) is 0 Å². The fourth-order valence-electron chi connectivity index (χ4n) is 2.68. The van der Waals surface area contributed by atoms with Gasteiger partial charge in [-0.05, 0) is 18.9 Å². The van der Waals surface area contributed by atoms with E-state index in [-0.39, 0.29) is 23.8 Å². The zero-order valence-electron chi connectivity index (χ0n) is 13.0. The minimum absolute atomic E-state index is 0.0129. The van der Waals surface area contributed by atoms with Crippen molar-refractivity contribution in [2.24, 2.45) is 11.8 Å². The van der Waals surface area contributed by atoms with Gasteiger partial charge in [0.05, 0.1) is 25.2 Å². The lowest BCUT2D eigenvalue weighted by Crippen LogP contribution is -2.46. The van der Waals surface area contributed by atoms with Crippen molar-refractivity contribution in [1.29, 1.82) is 0 Å². The van der Waals surface area contributed by atoms with Crippen molar-refractivity contribution < 1.29 is 14.6 Å². The Balaban J connectivity index is 2.37. The fraction of sp³-hybridized carbons (Fsp3) is 0.933. The highest BCUT2D eigenvalue weighted by Gasteiger charge is 2.33. The van der Waals surface area contributed by atoms with E-state index >= 15 is 0 Å². The molecule has 118 valence electrons. The second kappa shape index (κ2) is 9.32. The molecule has 3 unspecified atom stereocenters. The lowest BCUT2D eigenvalue weighted by Gasteiger charge is -2.23. The molecule has 0 bridgehead atoms. The maximum atomic E-state index is 12.2. The van der Waals surface area contributed by atoms with Crippen molar-refractivity contribution in [2.45, 2.75) is 52.2 Å². The van der Waals surface area contributed by atoms with E-state index in [0.29, 0.717) is 19.8 Å². The molecule has 0 saturated carbocycles. The van der Waals surface area contributed by atoms with E-state index in [1.165, 1.54) is 0 Å². The van der Waals surface area contributed by atoms with Crippen LogP contribution in [0.15, 0.2) is 0 Å². The van der Waals surface area contributed by atoms with Crippen molar-refractivity contribution in [2.75, 3.05) is 26.3 Å². The summed E-state index contributed by atoms with van der Waals surface area (Å²) in [7, 11) is 0. The topological polar surface area (TPSA) is 70.6 Å². The van der Waals surface area contributed by atoms with Gasteiger partial charge in [0.1, 0.15) is 0 Å². The normalized spacial score (nSPS) is 24.1. The summed E-state index contributed by atoms with van der Waals surface area (Å²) in [6, 6.07) is 0.0974. The van der Waals surface area contributed by atoms with Crippen LogP contribution >= 0.6 is 0 Å². The Hall–Kier alpha value is -0.650. The number of aliphatic hydroxyl groups is 1. The molecule has 1 aliphatic heterocycles. The first-order valence-corrected chi connectivity index (χ1v) is 7.90. The number of hydrogen-bond acceptors (Lipinski definition) is 4. The number of hydrogen-bond donors (Lipinski definition) is 3. The monoisotopic (exact) mass is 286 g/mol. The van der Waals surface area contributed by atoms with Crippen LogP contribution in [0.25, 0.3) is 0 Å². The Morgan fingerprint density at radius 1 is 1.30 bits per heavy atom. The van der Waals surface area contributed by atoms with Crippen molar-refractivity contribution >= 4 is 5.91 Å². The standard InChI is InChI=1S/C15H30N2O3/c1-4-7-16-13-10-20-9-12(13)15(19)17-8-14(18)11(5-2)6-3/h11-14,16,18H,4-10H2,1-3H3,(H,17,19). The summed E-state index contributed by atoms with van der Waals surface area (Å²) >= 11 is 0. The lowest BCUT2D eigenvalue weighted by atomic mass is 9.96. The van der Waals surface area contributed by atoms with Crippen molar-refractivity contribution in [3.63, 3.8) is 0 Å². The van der Waals surface area contributed by atoms with E-state index in [2.05, 4.69) is 31.4 Å². The van der Waals surface area contributed by atoms with Crippen molar-refractivity contribution in [3.05, 3.63) is 0 Å². The van der Waals surface area contributed by atoms with Crippen LogP contribution in [-0.2, 0) is 9.53 Å². The van der Waals surface area contributed by atoms with Gasteiger partial charge in [0.2, 0.25) is 5.91 Å². The van der Waals surface area contributed by atoms with Crippen LogP contribution in [0.4, 0.5) is 0 Å². The summed E-state index contributed by atoms with van der Waals surface area (Å²) in [5.41, 5.74) is 0. The van der Waals surface area contributed by atoms with Gasteiger partial charge < -0.3 is 20.5 Å². The molecule has 0 radical (unpaired) electrons. The number of rotatable bonds is 9. The summed E-state index contributed by atoms with van der Waals surface area (Å²) in [6.45, 7) is 8.52. The van der Waals surface area contributed by atoms with Crippen molar-refractivity contribution in [3.8, 4) is 0 Å². The summed E-state index contributed by atoms with van der Waals surface area (Å²) in [6.07, 6.45) is 2.44. The molecular weight excluding hydrogens is 256 g/mol. The van der Waals surface area contributed by atoms with E-state index in [1.54, 1.807) is 0 Å². The maximum absolute atomic E-state index is 12.2. The van der Waals surface area contributed by atoms with E-state index in [0.717, 1.165) is 25.8 Å². The van der Waals surface area contributed by atoms with E-state index in [4.69, 9.17) is 4.74 Å². The van der Waals surface area contributed by atoms with E-state index in [9.17, 15) is 9.90 Å². The number of carbonyl (C=O) groups excluding carboxylic acids is 1. The van der Waals surface area contributed by atoms with Crippen molar-refractivity contribution in [1.82, 2.24) is 10.6 Å². The fourth-order valence-corrected chi connectivity index (χ4v) is 2.68. The SMILES string of the molecule is CCCNC1COCC1C(=O)NCC(O)C(CC)CC. The average molecular weight is 286 g/mol. The summed E-state index contributed by atoms with van der Waals surface area (Å²) in [4.78, 5) is 12.2. The third kappa shape index (κ3) is 5.04. The van der Waals surface area contributed by atoms with E-state index in [1.807, 2.05) is 0 Å². The molecule has 1 amide bonds. The Morgan fingerprint density at radius 2 is 2.00 bits per heavy atom. The van der Waals surface area contributed by atoms with Crippen LogP contribution in [0.3, 0.4) is 0 Å². The number of amides is 1. The van der Waals surface area contributed by atoms with Gasteiger partial charge in [-0.15, -0.1) is 0 Å². The molecule has 3 atom stereocenters. The number of aliphatic hydroxyl groups excluding tert-OH is 1. The molecular formula is C15H30N2O3. The molecule has 0 aromatic carbocycles. The van der Waals surface area contributed by atoms with Crippen LogP contribution in [0.2, 0.25) is 0 Å². The second-order valence-electron chi connectivity index (χ2n) is 5.59. The molecule has 1 aliphatic rings. The average Bonchev–Trinajstić information content (AvgIpc) is 2.92. The predicted octanol–water partition coefficient (Wildman–Crippen LogP) is 0.914. The molecule has 0 spiro atoms. The molecule has 1 heterocycles. The summed E-state index contributed by atoms with van der Waals surface area (Å²) in [5.74, 6) is 0.0979. The van der Waals surface area contributed by atoms with Crippen LogP contribution in [-0.4, -0.2) is 49.5 Å². The smallest absolute Gasteiger partial charge is 0.227 e. The zero-order valence-corrected chi connectivity index (χ0v) is 13.0. The molecule has 1 fully saturated rings. The maximum Gasteiger partial charge on any atom is 0.227 e. The highest BCUT2D eigenvalue weighted by molar-refractivity contribution is 5.79. The molecule has 20 heavy (non-hydrogen) atoms. The number of nitrogens with one attached hydrogen (secondary N) is 2. The van der Waals surface area contributed by atoms with Gasteiger partial charge in [-0.25, -0.2) is 0 Å². The van der Waals surface area contributed by atoms with Gasteiger partial charge >= 0.3 is 0 Å². The Labute approximate surface area is 122 Å². The minimum Gasteiger partial charge on any atom is -0.391 e. The Bertz CT molecular complexity index is 282. The molecule has 1 rings (SSSR count). The molecule has 0 aromatic rings. The zero-order chi connectivity index (χ0) is 15.0. The lowest BCUT2D eigenvalue weighted by molar-refractivity contribution is -0.126. The molecule has 5 nitrogen and oxygen atoms in total. The first-order chi connectivity index (χ1) is 9.63. The minimum atomic E-state index is -0.460. The molecule has 3 N–H and O–H groups in total. The highest BCUT2D eigenvalue weighted by Crippen LogP contribution is 2.15. The van der Waals surface area contributed by atoms with Crippen LogP contribution in [0.5, 0.6) is 0 Å². The molecule has 0 aromatic heterocycles. The quantitative estimate of drug-likeness (QED) is 0.589. The van der Waals surface area contributed by atoms with Gasteiger partial charge in [0.25, 0.3) is 0 Å². The molecule has 0 aliphatic carbocycles. The largest absolute Gasteiger partial charge is 0.391 e. The van der Waals surface area contributed by atoms with E-state index < -0.39 is 6.10 Å². The van der Waals surface area contributed by atoms with Gasteiger partial charge in [-0.1, -0.05) is 33.6 Å². The second-order valence-corrected chi connectivity index (χ2v) is 5.59.